The number of anilines is 1. The van der Waals surface area contributed by atoms with E-state index in [1.165, 1.54) is 5.56 Å². The molecule has 4 nitrogen and oxygen atoms in total. The molecule has 0 saturated carbocycles. The molecule has 0 aliphatic carbocycles. The van der Waals surface area contributed by atoms with Gasteiger partial charge in [0.25, 0.3) is 0 Å². The number of amides is 1. The van der Waals surface area contributed by atoms with Crippen molar-refractivity contribution in [3.8, 4) is 0 Å². The summed E-state index contributed by atoms with van der Waals surface area (Å²) in [4.78, 5) is 18.6. The first-order chi connectivity index (χ1) is 11.2. The van der Waals surface area contributed by atoms with Crippen LogP contribution in [-0.4, -0.2) is 34.9 Å². The Morgan fingerprint density at radius 3 is 2.70 bits per heavy atom. The molecule has 23 heavy (non-hydrogen) atoms. The van der Waals surface area contributed by atoms with E-state index in [2.05, 4.69) is 23.3 Å². The van der Waals surface area contributed by atoms with Gasteiger partial charge >= 0.3 is 0 Å². The largest absolute Gasteiger partial charge is 0.381 e. The minimum Gasteiger partial charge on any atom is -0.381 e. The van der Waals surface area contributed by atoms with Crippen molar-refractivity contribution in [3.05, 3.63) is 59.9 Å². The van der Waals surface area contributed by atoms with Crippen molar-refractivity contribution in [1.82, 2.24) is 9.88 Å². The second-order valence-electron chi connectivity index (χ2n) is 6.14. The molecule has 2 heterocycles. The monoisotopic (exact) mass is 309 g/mol. The lowest BCUT2D eigenvalue weighted by Crippen LogP contribution is -2.43. The second-order valence-corrected chi connectivity index (χ2v) is 6.14. The highest BCUT2D eigenvalue weighted by molar-refractivity contribution is 5.79. The number of hydrogen-bond acceptors (Lipinski definition) is 3. The van der Waals surface area contributed by atoms with Gasteiger partial charge in [0, 0.05) is 31.5 Å². The Bertz CT molecular complexity index is 649. The van der Waals surface area contributed by atoms with Gasteiger partial charge < -0.3 is 10.2 Å². The summed E-state index contributed by atoms with van der Waals surface area (Å²) in [7, 11) is 0. The maximum absolute atomic E-state index is 12.5. The third-order valence-electron chi connectivity index (χ3n) is 4.48. The summed E-state index contributed by atoms with van der Waals surface area (Å²) >= 11 is 0. The summed E-state index contributed by atoms with van der Waals surface area (Å²) in [6, 6.07) is 12.5. The van der Waals surface area contributed by atoms with E-state index in [-0.39, 0.29) is 5.91 Å². The fraction of sp³-hybridized carbons (Fsp3) is 0.368. The van der Waals surface area contributed by atoms with E-state index in [1.807, 2.05) is 41.4 Å². The van der Waals surface area contributed by atoms with Crippen molar-refractivity contribution in [3.63, 3.8) is 0 Å². The summed E-state index contributed by atoms with van der Waals surface area (Å²) in [6.07, 6.45) is 6.09. The standard InChI is InChI=1S/C19H23N3O/c1-15-5-2-3-6-16(15)13-19(23)22-11-8-17(9-12-22)21-18-7-4-10-20-14-18/h2-7,10,14,17,21H,8-9,11-13H2,1H3. The van der Waals surface area contributed by atoms with E-state index in [1.54, 1.807) is 6.20 Å². The molecule has 0 unspecified atom stereocenters. The van der Waals surface area contributed by atoms with Crippen LogP contribution in [0.25, 0.3) is 0 Å². The Hall–Kier alpha value is -2.36. The minimum absolute atomic E-state index is 0.235. The van der Waals surface area contributed by atoms with E-state index >= 15 is 0 Å². The Labute approximate surface area is 137 Å². The predicted molar refractivity (Wildman–Crippen MR) is 92.3 cm³/mol. The van der Waals surface area contributed by atoms with Gasteiger partial charge in [-0.3, -0.25) is 9.78 Å². The SMILES string of the molecule is Cc1ccccc1CC(=O)N1CCC(Nc2cccnc2)CC1. The number of piperidine rings is 1. The zero-order valence-corrected chi connectivity index (χ0v) is 13.5. The predicted octanol–water partition coefficient (Wildman–Crippen LogP) is 3.04. The molecule has 2 aromatic rings. The van der Waals surface area contributed by atoms with Crippen LogP contribution in [0.15, 0.2) is 48.8 Å². The summed E-state index contributed by atoms with van der Waals surface area (Å²) < 4.78 is 0. The highest BCUT2D eigenvalue weighted by Gasteiger charge is 2.22. The molecule has 1 saturated heterocycles. The molecule has 0 bridgehead atoms. The third kappa shape index (κ3) is 4.09. The highest BCUT2D eigenvalue weighted by atomic mass is 16.2. The summed E-state index contributed by atoms with van der Waals surface area (Å²) in [6.45, 7) is 3.71. The van der Waals surface area contributed by atoms with Gasteiger partial charge in [-0.25, -0.2) is 0 Å². The number of rotatable bonds is 4. The van der Waals surface area contributed by atoms with Crippen molar-refractivity contribution >= 4 is 11.6 Å². The maximum Gasteiger partial charge on any atom is 0.227 e. The average molecular weight is 309 g/mol. The first-order valence-corrected chi connectivity index (χ1v) is 8.21. The van der Waals surface area contributed by atoms with Crippen LogP contribution in [0.1, 0.15) is 24.0 Å². The summed E-state index contributed by atoms with van der Waals surface area (Å²) in [5, 5.41) is 3.50. The molecule has 1 aromatic heterocycles. The first kappa shape index (κ1) is 15.5. The fourth-order valence-electron chi connectivity index (χ4n) is 3.04. The number of carbonyl (C=O) groups excluding carboxylic acids is 1. The van der Waals surface area contributed by atoms with Gasteiger partial charge in [0.2, 0.25) is 5.91 Å². The molecule has 1 aliphatic heterocycles. The minimum atomic E-state index is 0.235. The van der Waals surface area contributed by atoms with Gasteiger partial charge in [-0.1, -0.05) is 24.3 Å². The van der Waals surface area contributed by atoms with E-state index in [0.29, 0.717) is 12.5 Å². The number of benzene rings is 1. The van der Waals surface area contributed by atoms with Crippen LogP contribution in [0.4, 0.5) is 5.69 Å². The van der Waals surface area contributed by atoms with Gasteiger partial charge in [-0.15, -0.1) is 0 Å². The van der Waals surface area contributed by atoms with Gasteiger partial charge in [0.05, 0.1) is 12.1 Å². The molecule has 1 aliphatic rings. The lowest BCUT2D eigenvalue weighted by atomic mass is 10.0. The van der Waals surface area contributed by atoms with Crippen LogP contribution in [-0.2, 0) is 11.2 Å². The Morgan fingerprint density at radius 1 is 1.22 bits per heavy atom. The van der Waals surface area contributed by atoms with E-state index in [9.17, 15) is 4.79 Å². The number of nitrogens with zero attached hydrogens (tertiary/aromatic N) is 2. The number of nitrogens with one attached hydrogen (secondary N) is 1. The normalized spacial score (nSPS) is 15.4. The van der Waals surface area contributed by atoms with Gasteiger partial charge in [0.15, 0.2) is 0 Å². The van der Waals surface area contributed by atoms with Crippen LogP contribution < -0.4 is 5.32 Å². The van der Waals surface area contributed by atoms with Gasteiger partial charge in [0.1, 0.15) is 0 Å². The lowest BCUT2D eigenvalue weighted by molar-refractivity contribution is -0.131. The lowest BCUT2D eigenvalue weighted by Gasteiger charge is -2.33. The number of hydrogen-bond donors (Lipinski definition) is 1. The topological polar surface area (TPSA) is 45.2 Å². The van der Waals surface area contributed by atoms with Gasteiger partial charge in [-0.05, 0) is 43.0 Å². The molecule has 0 radical (unpaired) electrons. The third-order valence-corrected chi connectivity index (χ3v) is 4.48. The first-order valence-electron chi connectivity index (χ1n) is 8.21. The molecule has 120 valence electrons. The van der Waals surface area contributed by atoms with Crippen molar-refractivity contribution in [2.45, 2.75) is 32.2 Å². The molecule has 1 N–H and O–H groups in total. The van der Waals surface area contributed by atoms with Crippen molar-refractivity contribution in [2.75, 3.05) is 18.4 Å². The summed E-state index contributed by atoms with van der Waals surface area (Å²) in [5.74, 6) is 0.235. The molecule has 0 spiro atoms. The van der Waals surface area contributed by atoms with Crippen LogP contribution in [0, 0.1) is 6.92 Å². The van der Waals surface area contributed by atoms with E-state index in [0.717, 1.165) is 37.2 Å². The van der Waals surface area contributed by atoms with Crippen LogP contribution in [0.2, 0.25) is 0 Å². The maximum atomic E-state index is 12.5. The Morgan fingerprint density at radius 2 is 2.00 bits per heavy atom. The highest BCUT2D eigenvalue weighted by Crippen LogP contribution is 2.17. The zero-order valence-electron chi connectivity index (χ0n) is 13.5. The molecule has 0 atom stereocenters. The Balaban J connectivity index is 1.50. The van der Waals surface area contributed by atoms with Crippen molar-refractivity contribution in [1.29, 1.82) is 0 Å². The smallest absolute Gasteiger partial charge is 0.227 e. The van der Waals surface area contributed by atoms with Crippen LogP contribution in [0.5, 0.6) is 0 Å². The number of pyridine rings is 1. The van der Waals surface area contributed by atoms with Crippen molar-refractivity contribution in [2.24, 2.45) is 0 Å². The van der Waals surface area contributed by atoms with Crippen molar-refractivity contribution < 1.29 is 4.79 Å². The molecule has 1 amide bonds. The number of carbonyl (C=O) groups is 1. The quantitative estimate of drug-likeness (QED) is 0.944. The number of aromatic nitrogens is 1. The summed E-state index contributed by atoms with van der Waals surface area (Å²) in [5.41, 5.74) is 3.37. The van der Waals surface area contributed by atoms with Crippen LogP contribution in [0.3, 0.4) is 0 Å². The fourth-order valence-corrected chi connectivity index (χ4v) is 3.04. The number of aryl methyl sites for hydroxylation is 1. The molecular formula is C19H23N3O. The average Bonchev–Trinajstić information content (AvgIpc) is 2.58. The molecule has 1 aromatic carbocycles. The van der Waals surface area contributed by atoms with E-state index in [4.69, 9.17) is 0 Å². The van der Waals surface area contributed by atoms with E-state index < -0.39 is 0 Å². The van der Waals surface area contributed by atoms with Crippen LogP contribution >= 0.6 is 0 Å². The molecule has 3 rings (SSSR count). The molecule has 4 heteroatoms. The number of likely N-dealkylation sites (tertiary alicyclic amines) is 1. The van der Waals surface area contributed by atoms with Gasteiger partial charge in [-0.2, -0.15) is 0 Å². The Kier molecular flexibility index (Phi) is 4.91. The molecular weight excluding hydrogens is 286 g/mol. The molecule has 1 fully saturated rings. The second kappa shape index (κ2) is 7.27. The zero-order chi connectivity index (χ0) is 16.1.